The predicted molar refractivity (Wildman–Crippen MR) is 63.9 cm³/mol. The van der Waals surface area contributed by atoms with Gasteiger partial charge in [0, 0.05) is 0 Å². The van der Waals surface area contributed by atoms with Gasteiger partial charge in [0.2, 0.25) is 0 Å². The molecule has 1 aliphatic heterocycles. The van der Waals surface area contributed by atoms with Crippen molar-refractivity contribution >= 4 is 16.8 Å². The van der Waals surface area contributed by atoms with Crippen molar-refractivity contribution in [3.63, 3.8) is 0 Å². The first-order valence-corrected chi connectivity index (χ1v) is 5.53. The summed E-state index contributed by atoms with van der Waals surface area (Å²) in [5, 5.41) is 1.31. The van der Waals surface area contributed by atoms with Crippen LogP contribution in [0.4, 0.5) is 0 Å². The Morgan fingerprint density at radius 1 is 1.64 bits per heavy atom. The van der Waals surface area contributed by atoms with Crippen LogP contribution in [0.2, 0.25) is 0 Å². The van der Waals surface area contributed by atoms with Crippen molar-refractivity contribution in [1.82, 2.24) is 0 Å². The fraction of sp³-hybridized carbons (Fsp3) is 0.545. The summed E-state index contributed by atoms with van der Waals surface area (Å²) in [6, 6.07) is 0. The molecule has 0 aromatic rings. The van der Waals surface area contributed by atoms with E-state index in [-0.39, 0.29) is 5.54 Å². The Morgan fingerprint density at radius 2 is 2.29 bits per heavy atom. The molecule has 0 saturated carbocycles. The number of ether oxygens (including phenoxy) is 1. The number of hydrogen-bond donors (Lipinski definition) is 0. The second-order valence-electron chi connectivity index (χ2n) is 3.70. The van der Waals surface area contributed by atoms with Crippen LogP contribution in [-0.2, 0) is 4.74 Å². The van der Waals surface area contributed by atoms with Gasteiger partial charge in [-0.3, -0.25) is 4.99 Å². The summed E-state index contributed by atoms with van der Waals surface area (Å²) in [4.78, 5) is 4.63. The first-order valence-electron chi connectivity index (χ1n) is 4.65. The van der Waals surface area contributed by atoms with E-state index in [1.54, 1.807) is 18.9 Å². The van der Waals surface area contributed by atoms with Gasteiger partial charge in [0.15, 0.2) is 0 Å². The van der Waals surface area contributed by atoms with Crippen molar-refractivity contribution in [1.29, 1.82) is 0 Å². The average Bonchev–Trinajstić information content (AvgIpc) is 2.43. The highest BCUT2D eigenvalue weighted by atomic mass is 32.2. The van der Waals surface area contributed by atoms with Gasteiger partial charge in [-0.15, -0.1) is 6.58 Å². The Hall–Kier alpha value is -0.700. The monoisotopic (exact) mass is 211 g/mol. The van der Waals surface area contributed by atoms with Crippen LogP contribution in [0, 0.1) is 0 Å². The average molecular weight is 211 g/mol. The number of hydrogen-bond acceptors (Lipinski definition) is 3. The molecule has 1 aliphatic rings. The van der Waals surface area contributed by atoms with E-state index in [0.29, 0.717) is 5.25 Å². The zero-order chi connectivity index (χ0) is 10.8. The molecule has 0 bridgehead atoms. The summed E-state index contributed by atoms with van der Waals surface area (Å²) in [7, 11) is 1.67. The molecule has 0 spiro atoms. The first-order chi connectivity index (χ1) is 6.55. The fourth-order valence-electron chi connectivity index (χ4n) is 1.39. The van der Waals surface area contributed by atoms with E-state index < -0.39 is 0 Å². The van der Waals surface area contributed by atoms with Gasteiger partial charge in [-0.1, -0.05) is 17.8 Å². The summed E-state index contributed by atoms with van der Waals surface area (Å²) in [5.41, 5.74) is -0.0749. The fourth-order valence-corrected chi connectivity index (χ4v) is 2.68. The third kappa shape index (κ3) is 2.03. The quantitative estimate of drug-likeness (QED) is 0.528. The van der Waals surface area contributed by atoms with Crippen LogP contribution >= 0.6 is 11.8 Å². The molecule has 78 valence electrons. The summed E-state index contributed by atoms with van der Waals surface area (Å²) in [6.07, 6.45) is 3.89. The molecule has 1 rings (SSSR count). The minimum Gasteiger partial charge on any atom is -0.494 e. The third-order valence-corrected chi connectivity index (χ3v) is 3.77. The highest BCUT2D eigenvalue weighted by Crippen LogP contribution is 2.38. The zero-order valence-electron chi connectivity index (χ0n) is 9.20. The maximum atomic E-state index is 5.24. The number of rotatable bonds is 3. The SMILES string of the molecule is C=CC1SC(/C(=C/C)OC)=NC1(C)C. The summed E-state index contributed by atoms with van der Waals surface area (Å²) in [6.45, 7) is 10.0. The molecule has 0 fully saturated rings. The van der Waals surface area contributed by atoms with Crippen LogP contribution in [0.25, 0.3) is 0 Å². The molecule has 0 saturated heterocycles. The molecule has 0 N–H and O–H groups in total. The lowest BCUT2D eigenvalue weighted by atomic mass is 10.0. The molecule has 14 heavy (non-hydrogen) atoms. The normalized spacial score (nSPS) is 25.9. The largest absolute Gasteiger partial charge is 0.494 e. The molecule has 0 amide bonds. The molecule has 0 aromatic carbocycles. The zero-order valence-corrected chi connectivity index (χ0v) is 10.0. The van der Waals surface area contributed by atoms with E-state index in [4.69, 9.17) is 4.74 Å². The van der Waals surface area contributed by atoms with Crippen LogP contribution in [0.3, 0.4) is 0 Å². The van der Waals surface area contributed by atoms with E-state index in [1.807, 2.05) is 19.1 Å². The molecule has 3 heteroatoms. The summed E-state index contributed by atoms with van der Waals surface area (Å²) >= 11 is 1.71. The minimum atomic E-state index is -0.0749. The second kappa shape index (κ2) is 4.22. The van der Waals surface area contributed by atoms with Crippen LogP contribution in [0.1, 0.15) is 20.8 Å². The van der Waals surface area contributed by atoms with E-state index >= 15 is 0 Å². The highest BCUT2D eigenvalue weighted by molar-refractivity contribution is 8.15. The Bertz CT molecular complexity index is 292. The Labute approximate surface area is 90.1 Å². The third-order valence-electron chi connectivity index (χ3n) is 2.23. The van der Waals surface area contributed by atoms with E-state index in [0.717, 1.165) is 10.8 Å². The van der Waals surface area contributed by atoms with Crippen molar-refractivity contribution < 1.29 is 4.74 Å². The van der Waals surface area contributed by atoms with E-state index in [1.165, 1.54) is 0 Å². The topological polar surface area (TPSA) is 21.6 Å². The van der Waals surface area contributed by atoms with Crippen LogP contribution < -0.4 is 0 Å². The molecule has 0 radical (unpaired) electrons. The number of nitrogens with zero attached hydrogens (tertiary/aromatic N) is 1. The van der Waals surface area contributed by atoms with Gasteiger partial charge in [0.1, 0.15) is 10.8 Å². The maximum absolute atomic E-state index is 5.24. The maximum Gasteiger partial charge on any atom is 0.146 e. The van der Waals surface area contributed by atoms with Gasteiger partial charge in [0.25, 0.3) is 0 Å². The minimum absolute atomic E-state index is 0.0749. The van der Waals surface area contributed by atoms with Crippen LogP contribution in [-0.4, -0.2) is 22.9 Å². The van der Waals surface area contributed by atoms with Crippen molar-refractivity contribution in [2.75, 3.05) is 7.11 Å². The highest BCUT2D eigenvalue weighted by Gasteiger charge is 2.36. The summed E-state index contributed by atoms with van der Waals surface area (Å²) < 4.78 is 5.24. The van der Waals surface area contributed by atoms with E-state index in [9.17, 15) is 0 Å². The smallest absolute Gasteiger partial charge is 0.146 e. The van der Waals surface area contributed by atoms with Crippen molar-refractivity contribution in [3.8, 4) is 0 Å². The molecule has 0 aromatic heterocycles. The molecule has 0 aliphatic carbocycles. The van der Waals surface area contributed by atoms with Gasteiger partial charge in [0.05, 0.1) is 17.9 Å². The van der Waals surface area contributed by atoms with Crippen LogP contribution in [0.15, 0.2) is 29.5 Å². The standard InChI is InChI=1S/C11H17NOS/c1-6-8(13-5)10-12-11(3,4)9(7-2)14-10/h6-7,9H,2H2,1,3-5H3/b8-6-. The predicted octanol–water partition coefficient (Wildman–Crippen LogP) is 3.02. The number of thioether (sulfide) groups is 1. The van der Waals surface area contributed by atoms with Gasteiger partial charge in [-0.2, -0.15) is 0 Å². The molecule has 2 nitrogen and oxygen atoms in total. The molecule has 1 atom stereocenters. The molecular formula is C11H17NOS. The van der Waals surface area contributed by atoms with Gasteiger partial charge < -0.3 is 4.74 Å². The van der Waals surface area contributed by atoms with E-state index in [2.05, 4.69) is 25.4 Å². The summed E-state index contributed by atoms with van der Waals surface area (Å²) in [5.74, 6) is 0.854. The first kappa shape index (κ1) is 11.4. The Morgan fingerprint density at radius 3 is 2.64 bits per heavy atom. The lowest BCUT2D eigenvalue weighted by Gasteiger charge is -2.19. The van der Waals surface area contributed by atoms with Crippen LogP contribution in [0.5, 0.6) is 0 Å². The van der Waals surface area contributed by atoms with Crippen molar-refractivity contribution in [2.45, 2.75) is 31.6 Å². The number of aliphatic imine (C=N–C) groups is 1. The Balaban J connectivity index is 2.91. The second-order valence-corrected chi connectivity index (χ2v) is 4.83. The van der Waals surface area contributed by atoms with Gasteiger partial charge >= 0.3 is 0 Å². The van der Waals surface area contributed by atoms with Gasteiger partial charge in [-0.05, 0) is 26.8 Å². The lowest BCUT2D eigenvalue weighted by molar-refractivity contribution is 0.315. The van der Waals surface area contributed by atoms with Crippen molar-refractivity contribution in [3.05, 3.63) is 24.5 Å². The van der Waals surface area contributed by atoms with Crippen molar-refractivity contribution in [2.24, 2.45) is 4.99 Å². The number of methoxy groups -OCH3 is 1. The lowest BCUT2D eigenvalue weighted by Crippen LogP contribution is -2.25. The number of allylic oxidation sites excluding steroid dienone is 1. The Kier molecular flexibility index (Phi) is 3.43. The molecule has 1 heterocycles. The molecular weight excluding hydrogens is 194 g/mol. The van der Waals surface area contributed by atoms with Gasteiger partial charge in [-0.25, -0.2) is 0 Å². The molecule has 1 unspecified atom stereocenters.